The van der Waals surface area contributed by atoms with Crippen LogP contribution in [0.25, 0.3) is 0 Å². The van der Waals surface area contributed by atoms with Gasteiger partial charge in [-0.2, -0.15) is 0 Å². The van der Waals surface area contributed by atoms with E-state index in [1.807, 2.05) is 6.07 Å². The summed E-state index contributed by atoms with van der Waals surface area (Å²) in [6.45, 7) is 1.66. The number of aliphatic hydroxyl groups is 1. The SMILES string of the molecule is C[C@H](O)c1ccc(Sc2nc(N)cc(N)n2)cn1. The topological polar surface area (TPSA) is 111 Å². The summed E-state index contributed by atoms with van der Waals surface area (Å²) in [6, 6.07) is 5.09. The van der Waals surface area contributed by atoms with Crippen LogP contribution in [0.1, 0.15) is 18.7 Å². The molecule has 5 N–H and O–H groups in total. The summed E-state index contributed by atoms with van der Waals surface area (Å²) in [6.07, 6.45) is 1.07. The predicted octanol–water partition coefficient (Wildman–Crippen LogP) is 1.24. The third-order valence-electron chi connectivity index (χ3n) is 2.14. The van der Waals surface area contributed by atoms with Crippen molar-refractivity contribution in [1.82, 2.24) is 15.0 Å². The second-order valence-corrected chi connectivity index (χ2v) is 4.74. The molecule has 0 aliphatic carbocycles. The molecule has 0 aromatic carbocycles. The first kappa shape index (κ1) is 12.6. The molecule has 0 spiro atoms. The quantitative estimate of drug-likeness (QED) is 0.714. The summed E-state index contributed by atoms with van der Waals surface area (Å²) in [4.78, 5) is 13.1. The number of hydrogen-bond acceptors (Lipinski definition) is 7. The second kappa shape index (κ2) is 5.19. The summed E-state index contributed by atoms with van der Waals surface area (Å²) in [5.74, 6) is 0.664. The van der Waals surface area contributed by atoms with Crippen LogP contribution in [0.15, 0.2) is 34.4 Å². The summed E-state index contributed by atoms with van der Waals surface area (Å²) >= 11 is 1.31. The third kappa shape index (κ3) is 3.08. The molecular formula is C11H13N5OS. The van der Waals surface area contributed by atoms with Crippen molar-refractivity contribution in [2.24, 2.45) is 0 Å². The van der Waals surface area contributed by atoms with Crippen molar-refractivity contribution < 1.29 is 5.11 Å². The Kier molecular flexibility index (Phi) is 3.63. The Morgan fingerprint density at radius 2 is 1.89 bits per heavy atom. The Bertz CT molecular complexity index is 523. The van der Waals surface area contributed by atoms with Crippen molar-refractivity contribution in [2.45, 2.75) is 23.1 Å². The number of hydrogen-bond donors (Lipinski definition) is 3. The Morgan fingerprint density at radius 3 is 2.39 bits per heavy atom. The van der Waals surface area contributed by atoms with Gasteiger partial charge in [0.1, 0.15) is 11.6 Å². The maximum Gasteiger partial charge on any atom is 0.196 e. The van der Waals surface area contributed by atoms with E-state index in [4.69, 9.17) is 11.5 Å². The number of nitrogen functional groups attached to an aromatic ring is 2. The van der Waals surface area contributed by atoms with Gasteiger partial charge in [-0.15, -0.1) is 0 Å². The minimum absolute atomic E-state index is 0.332. The molecule has 0 fully saturated rings. The number of aliphatic hydroxyl groups excluding tert-OH is 1. The number of anilines is 2. The summed E-state index contributed by atoms with van der Waals surface area (Å²) in [5, 5.41) is 9.82. The van der Waals surface area contributed by atoms with Crippen LogP contribution in [-0.4, -0.2) is 20.1 Å². The molecule has 0 unspecified atom stereocenters. The van der Waals surface area contributed by atoms with Crippen LogP contribution in [0, 0.1) is 0 Å². The zero-order chi connectivity index (χ0) is 13.1. The monoisotopic (exact) mass is 263 g/mol. The van der Waals surface area contributed by atoms with Gasteiger partial charge in [0, 0.05) is 17.2 Å². The number of aromatic nitrogens is 3. The van der Waals surface area contributed by atoms with E-state index < -0.39 is 6.10 Å². The van der Waals surface area contributed by atoms with E-state index in [2.05, 4.69) is 15.0 Å². The maximum atomic E-state index is 9.35. The largest absolute Gasteiger partial charge is 0.387 e. The molecule has 0 aliphatic rings. The van der Waals surface area contributed by atoms with Gasteiger partial charge >= 0.3 is 0 Å². The summed E-state index contributed by atoms with van der Waals surface area (Å²) < 4.78 is 0. The van der Waals surface area contributed by atoms with Crippen LogP contribution in [0.3, 0.4) is 0 Å². The van der Waals surface area contributed by atoms with Gasteiger partial charge < -0.3 is 16.6 Å². The maximum absolute atomic E-state index is 9.35. The summed E-state index contributed by atoms with van der Waals surface area (Å²) in [7, 11) is 0. The Labute approximate surface area is 108 Å². The van der Waals surface area contributed by atoms with Crippen molar-refractivity contribution in [3.63, 3.8) is 0 Å². The molecule has 2 heterocycles. The average molecular weight is 263 g/mol. The third-order valence-corrected chi connectivity index (χ3v) is 2.98. The fourth-order valence-electron chi connectivity index (χ4n) is 1.31. The van der Waals surface area contributed by atoms with Crippen LogP contribution in [-0.2, 0) is 0 Å². The minimum atomic E-state index is -0.580. The smallest absolute Gasteiger partial charge is 0.196 e. The fraction of sp³-hybridized carbons (Fsp3) is 0.182. The zero-order valence-electron chi connectivity index (χ0n) is 9.74. The lowest BCUT2D eigenvalue weighted by atomic mass is 10.2. The van der Waals surface area contributed by atoms with Gasteiger partial charge in [0.15, 0.2) is 5.16 Å². The first-order valence-corrected chi connectivity index (χ1v) is 6.08. The summed E-state index contributed by atoms with van der Waals surface area (Å²) in [5.41, 5.74) is 11.8. The van der Waals surface area contributed by atoms with Gasteiger partial charge in [0.05, 0.1) is 11.8 Å². The molecule has 18 heavy (non-hydrogen) atoms. The van der Waals surface area contributed by atoms with Gasteiger partial charge in [-0.05, 0) is 30.8 Å². The highest BCUT2D eigenvalue weighted by molar-refractivity contribution is 7.99. The number of nitrogens with two attached hydrogens (primary N) is 2. The van der Waals surface area contributed by atoms with E-state index in [-0.39, 0.29) is 0 Å². The number of pyridine rings is 1. The Balaban J connectivity index is 2.18. The standard InChI is InChI=1S/C11H13N5OS/c1-6(17)8-3-2-7(5-14-8)18-11-15-9(12)4-10(13)16-11/h2-6,17H,1H3,(H4,12,13,15,16)/t6-/m0/s1. The molecule has 0 saturated carbocycles. The van der Waals surface area contributed by atoms with E-state index in [0.717, 1.165) is 4.90 Å². The van der Waals surface area contributed by atoms with Crippen molar-refractivity contribution in [1.29, 1.82) is 0 Å². The highest BCUT2D eigenvalue weighted by Gasteiger charge is 2.06. The molecule has 0 bridgehead atoms. The first-order valence-electron chi connectivity index (χ1n) is 5.26. The predicted molar refractivity (Wildman–Crippen MR) is 69.9 cm³/mol. The van der Waals surface area contributed by atoms with Crippen LogP contribution in [0.4, 0.5) is 11.6 Å². The number of nitrogens with zero attached hydrogens (tertiary/aromatic N) is 3. The fourth-order valence-corrected chi connectivity index (χ4v) is 2.07. The Morgan fingerprint density at radius 1 is 1.22 bits per heavy atom. The molecule has 7 heteroatoms. The molecule has 2 aromatic heterocycles. The number of rotatable bonds is 3. The van der Waals surface area contributed by atoms with Crippen molar-refractivity contribution in [2.75, 3.05) is 11.5 Å². The van der Waals surface area contributed by atoms with Crippen LogP contribution in [0.2, 0.25) is 0 Å². The molecular weight excluding hydrogens is 250 g/mol. The van der Waals surface area contributed by atoms with E-state index in [1.54, 1.807) is 19.2 Å². The minimum Gasteiger partial charge on any atom is -0.387 e. The van der Waals surface area contributed by atoms with Gasteiger partial charge in [0.25, 0.3) is 0 Å². The van der Waals surface area contributed by atoms with E-state index in [0.29, 0.717) is 22.5 Å². The van der Waals surface area contributed by atoms with E-state index in [1.165, 1.54) is 17.8 Å². The molecule has 0 saturated heterocycles. The van der Waals surface area contributed by atoms with Gasteiger partial charge in [-0.25, -0.2) is 9.97 Å². The van der Waals surface area contributed by atoms with Crippen molar-refractivity contribution >= 4 is 23.4 Å². The lowest BCUT2D eigenvalue weighted by molar-refractivity contribution is 0.194. The molecule has 2 aromatic rings. The van der Waals surface area contributed by atoms with E-state index in [9.17, 15) is 5.11 Å². The van der Waals surface area contributed by atoms with Crippen LogP contribution < -0.4 is 11.5 Å². The van der Waals surface area contributed by atoms with Crippen molar-refractivity contribution in [3.05, 3.63) is 30.1 Å². The second-order valence-electron chi connectivity index (χ2n) is 3.70. The molecule has 2 rings (SSSR count). The molecule has 94 valence electrons. The van der Waals surface area contributed by atoms with Gasteiger partial charge in [0.2, 0.25) is 0 Å². The zero-order valence-corrected chi connectivity index (χ0v) is 10.6. The molecule has 0 radical (unpaired) electrons. The van der Waals surface area contributed by atoms with Gasteiger partial charge in [-0.3, -0.25) is 4.98 Å². The average Bonchev–Trinajstić information content (AvgIpc) is 2.28. The first-order chi connectivity index (χ1) is 8.54. The normalized spacial score (nSPS) is 12.3. The highest BCUT2D eigenvalue weighted by Crippen LogP contribution is 2.25. The Hall–Kier alpha value is -1.86. The van der Waals surface area contributed by atoms with Crippen LogP contribution in [0.5, 0.6) is 0 Å². The van der Waals surface area contributed by atoms with Crippen LogP contribution >= 0.6 is 11.8 Å². The molecule has 0 amide bonds. The molecule has 0 aliphatic heterocycles. The van der Waals surface area contributed by atoms with E-state index >= 15 is 0 Å². The highest BCUT2D eigenvalue weighted by atomic mass is 32.2. The van der Waals surface area contributed by atoms with Crippen molar-refractivity contribution in [3.8, 4) is 0 Å². The van der Waals surface area contributed by atoms with Gasteiger partial charge in [-0.1, -0.05) is 0 Å². The lowest BCUT2D eigenvalue weighted by Gasteiger charge is -2.05. The molecule has 6 nitrogen and oxygen atoms in total. The molecule has 1 atom stereocenters. The lowest BCUT2D eigenvalue weighted by Crippen LogP contribution is -1.99.